The first-order chi connectivity index (χ1) is 13.4. The number of aryl methyl sites for hydroxylation is 2. The van der Waals surface area contributed by atoms with Crippen molar-refractivity contribution in [2.24, 2.45) is 5.92 Å². The van der Waals surface area contributed by atoms with E-state index in [9.17, 15) is 18.4 Å². The smallest absolute Gasteiger partial charge is 0.288 e. The molecule has 0 bridgehead atoms. The summed E-state index contributed by atoms with van der Waals surface area (Å²) in [5.41, 5.74) is -0.308. The molecule has 3 rings (SSSR count). The van der Waals surface area contributed by atoms with Crippen molar-refractivity contribution in [2.75, 3.05) is 5.32 Å². The minimum atomic E-state index is -1.25. The molecule has 1 N–H and O–H groups in total. The first-order valence-corrected chi connectivity index (χ1v) is 9.62. The van der Waals surface area contributed by atoms with Crippen LogP contribution < -0.4 is 10.9 Å². The number of hydrogen-bond donors (Lipinski definition) is 1. The summed E-state index contributed by atoms with van der Waals surface area (Å²) in [4.78, 5) is 24.2. The van der Waals surface area contributed by atoms with Gasteiger partial charge in [0.2, 0.25) is 11.7 Å². The summed E-state index contributed by atoms with van der Waals surface area (Å²) in [7, 11) is 0. The molecule has 7 nitrogen and oxygen atoms in total. The fourth-order valence-corrected chi connectivity index (χ4v) is 3.56. The average Bonchev–Trinajstić information content (AvgIpc) is 3.30. The quantitative estimate of drug-likeness (QED) is 0.748. The topological polar surface area (TPSA) is 81.8 Å². The minimum absolute atomic E-state index is 0.0212. The molecule has 2 aromatic heterocycles. The highest BCUT2D eigenvalue weighted by atomic mass is 19.1. The first kappa shape index (κ1) is 20.2. The third-order valence-corrected chi connectivity index (χ3v) is 5.05. The van der Waals surface area contributed by atoms with Gasteiger partial charge in [-0.15, -0.1) is 5.10 Å². The molecule has 2 heterocycles. The second-order valence-electron chi connectivity index (χ2n) is 7.41. The third-order valence-electron chi connectivity index (χ3n) is 5.05. The number of carbonyl (C=O) groups excluding carboxylic acids is 1. The van der Waals surface area contributed by atoms with Gasteiger partial charge in [-0.3, -0.25) is 9.59 Å². The van der Waals surface area contributed by atoms with Crippen molar-refractivity contribution in [3.8, 4) is 0 Å². The SMILES string of the molecule is Cc1cn(CC(F)CCn2ccc(NC(=O)CC3CCCC3)c(F)c2=O)nn1. The van der Waals surface area contributed by atoms with E-state index in [1.165, 1.54) is 16.9 Å². The van der Waals surface area contributed by atoms with E-state index in [-0.39, 0.29) is 31.1 Å². The third kappa shape index (κ3) is 5.24. The van der Waals surface area contributed by atoms with Gasteiger partial charge in [0.15, 0.2) is 0 Å². The van der Waals surface area contributed by atoms with Gasteiger partial charge in [0.25, 0.3) is 5.56 Å². The minimum Gasteiger partial charge on any atom is -0.323 e. The van der Waals surface area contributed by atoms with Crippen LogP contribution in [-0.2, 0) is 17.9 Å². The molecule has 0 aliphatic heterocycles. The highest BCUT2D eigenvalue weighted by Crippen LogP contribution is 2.27. The molecular formula is C19H25F2N5O2. The van der Waals surface area contributed by atoms with E-state index in [0.717, 1.165) is 30.3 Å². The summed E-state index contributed by atoms with van der Waals surface area (Å²) in [5.74, 6) is -0.974. The Kier molecular flexibility index (Phi) is 6.53. The van der Waals surface area contributed by atoms with Crippen LogP contribution in [0.1, 0.15) is 44.2 Å². The van der Waals surface area contributed by atoms with Gasteiger partial charge in [-0.05, 0) is 38.2 Å². The van der Waals surface area contributed by atoms with E-state index < -0.39 is 17.5 Å². The Morgan fingerprint density at radius 1 is 1.39 bits per heavy atom. The van der Waals surface area contributed by atoms with Gasteiger partial charge in [0.05, 0.1) is 17.9 Å². The van der Waals surface area contributed by atoms with Crippen molar-refractivity contribution >= 4 is 11.6 Å². The van der Waals surface area contributed by atoms with Crippen molar-refractivity contribution in [3.63, 3.8) is 0 Å². The van der Waals surface area contributed by atoms with Crippen molar-refractivity contribution in [3.05, 3.63) is 40.3 Å². The molecule has 0 radical (unpaired) electrons. The van der Waals surface area contributed by atoms with Crippen LogP contribution >= 0.6 is 0 Å². The Morgan fingerprint density at radius 2 is 2.14 bits per heavy atom. The number of nitrogens with one attached hydrogen (secondary N) is 1. The van der Waals surface area contributed by atoms with Crippen LogP contribution in [0.2, 0.25) is 0 Å². The van der Waals surface area contributed by atoms with E-state index in [1.807, 2.05) is 0 Å². The molecule has 0 spiro atoms. The molecular weight excluding hydrogens is 368 g/mol. The van der Waals surface area contributed by atoms with Crippen LogP contribution in [0.3, 0.4) is 0 Å². The highest BCUT2D eigenvalue weighted by molar-refractivity contribution is 5.90. The summed E-state index contributed by atoms with van der Waals surface area (Å²) in [6, 6.07) is 1.34. The molecule has 1 saturated carbocycles. The number of pyridine rings is 1. The summed E-state index contributed by atoms with van der Waals surface area (Å²) >= 11 is 0. The maximum atomic E-state index is 14.3. The lowest BCUT2D eigenvalue weighted by atomic mass is 10.0. The lowest BCUT2D eigenvalue weighted by Crippen LogP contribution is -2.27. The van der Waals surface area contributed by atoms with Crippen LogP contribution in [0.4, 0.5) is 14.5 Å². The predicted octanol–water partition coefficient (Wildman–Crippen LogP) is 2.83. The molecule has 152 valence electrons. The fraction of sp³-hybridized carbons (Fsp3) is 0.579. The van der Waals surface area contributed by atoms with Gasteiger partial charge >= 0.3 is 0 Å². The number of amides is 1. The second-order valence-corrected chi connectivity index (χ2v) is 7.41. The van der Waals surface area contributed by atoms with Gasteiger partial charge in [0, 0.05) is 25.4 Å². The maximum Gasteiger partial charge on any atom is 0.288 e. The number of hydrogen-bond acceptors (Lipinski definition) is 4. The molecule has 1 aliphatic carbocycles. The van der Waals surface area contributed by atoms with Crippen molar-refractivity contribution in [1.29, 1.82) is 0 Å². The van der Waals surface area contributed by atoms with Crippen molar-refractivity contribution in [2.45, 2.75) is 64.7 Å². The Hall–Kier alpha value is -2.58. The van der Waals surface area contributed by atoms with Gasteiger partial charge in [-0.1, -0.05) is 18.1 Å². The molecule has 0 saturated heterocycles. The lowest BCUT2D eigenvalue weighted by molar-refractivity contribution is -0.117. The standard InChI is InChI=1S/C19H25F2N5O2/c1-13-11-26(24-23-13)12-15(20)6-8-25-9-7-16(18(21)19(25)28)22-17(27)10-14-4-2-3-5-14/h7,9,11,14-15H,2-6,8,10,12H2,1H3,(H,22,27). The molecule has 1 unspecified atom stereocenters. The van der Waals surface area contributed by atoms with Crippen LogP contribution in [0.15, 0.2) is 23.3 Å². The summed E-state index contributed by atoms with van der Waals surface area (Å²) in [6.07, 6.45) is 6.39. The molecule has 1 fully saturated rings. The van der Waals surface area contributed by atoms with E-state index in [0.29, 0.717) is 18.0 Å². The highest BCUT2D eigenvalue weighted by Gasteiger charge is 2.20. The predicted molar refractivity (Wildman–Crippen MR) is 100 cm³/mol. The van der Waals surface area contributed by atoms with Gasteiger partial charge < -0.3 is 9.88 Å². The summed E-state index contributed by atoms with van der Waals surface area (Å²) in [6.45, 7) is 1.81. The average molecular weight is 393 g/mol. The van der Waals surface area contributed by atoms with E-state index >= 15 is 0 Å². The molecule has 2 aromatic rings. The molecule has 0 aromatic carbocycles. The van der Waals surface area contributed by atoms with Crippen LogP contribution in [-0.4, -0.2) is 31.6 Å². The zero-order valence-corrected chi connectivity index (χ0v) is 15.9. The summed E-state index contributed by atoms with van der Waals surface area (Å²) in [5, 5.41) is 10.0. The molecule has 28 heavy (non-hydrogen) atoms. The largest absolute Gasteiger partial charge is 0.323 e. The molecule has 1 aliphatic rings. The molecule has 1 amide bonds. The zero-order chi connectivity index (χ0) is 20.1. The van der Waals surface area contributed by atoms with Crippen molar-refractivity contribution < 1.29 is 13.6 Å². The molecule has 9 heteroatoms. The summed E-state index contributed by atoms with van der Waals surface area (Å²) < 4.78 is 31.0. The Labute approximate surface area is 161 Å². The van der Waals surface area contributed by atoms with Gasteiger partial charge in [-0.2, -0.15) is 4.39 Å². The molecule has 1 atom stereocenters. The number of alkyl halides is 1. The zero-order valence-electron chi connectivity index (χ0n) is 15.9. The van der Waals surface area contributed by atoms with Crippen LogP contribution in [0.5, 0.6) is 0 Å². The number of nitrogens with zero attached hydrogens (tertiary/aromatic N) is 4. The monoisotopic (exact) mass is 393 g/mol. The van der Waals surface area contributed by atoms with E-state index in [1.54, 1.807) is 13.1 Å². The van der Waals surface area contributed by atoms with Gasteiger partial charge in [-0.25, -0.2) is 9.07 Å². The lowest BCUT2D eigenvalue weighted by Gasteiger charge is -2.13. The number of anilines is 1. The van der Waals surface area contributed by atoms with E-state index in [2.05, 4.69) is 15.6 Å². The normalized spacial score (nSPS) is 15.7. The van der Waals surface area contributed by atoms with Crippen LogP contribution in [0, 0.1) is 18.7 Å². The van der Waals surface area contributed by atoms with Crippen LogP contribution in [0.25, 0.3) is 0 Å². The second kappa shape index (κ2) is 9.07. The van der Waals surface area contributed by atoms with Crippen molar-refractivity contribution in [1.82, 2.24) is 19.6 Å². The Morgan fingerprint density at radius 3 is 2.82 bits per heavy atom. The van der Waals surface area contributed by atoms with E-state index in [4.69, 9.17) is 0 Å². The maximum absolute atomic E-state index is 14.3. The Balaban J connectivity index is 1.55. The number of halogens is 2. The first-order valence-electron chi connectivity index (χ1n) is 9.62. The fourth-order valence-electron chi connectivity index (χ4n) is 3.56. The number of aromatic nitrogens is 4. The van der Waals surface area contributed by atoms with Gasteiger partial charge in [0.1, 0.15) is 6.17 Å². The number of rotatable bonds is 8. The number of carbonyl (C=O) groups is 1. The Bertz CT molecular complexity index is 873.